The molecule has 0 aliphatic heterocycles. The van der Waals surface area contributed by atoms with Crippen LogP contribution in [0.4, 0.5) is 0 Å². The monoisotopic (exact) mass is 404 g/mol. The quantitative estimate of drug-likeness (QED) is 0.435. The van der Waals surface area contributed by atoms with Crippen LogP contribution in [0.15, 0.2) is 59.1 Å². The maximum Gasteiger partial charge on any atom is 0.339 e. The van der Waals surface area contributed by atoms with Crippen LogP contribution in [0.2, 0.25) is 0 Å². The number of pyridine rings is 1. The van der Waals surface area contributed by atoms with Crippen molar-refractivity contribution in [2.45, 2.75) is 13.5 Å². The summed E-state index contributed by atoms with van der Waals surface area (Å²) in [5.74, 6) is 1.21. The number of rotatable bonds is 6. The highest BCUT2D eigenvalue weighted by Crippen LogP contribution is 2.33. The fraction of sp³-hybridized carbons (Fsp3) is 0.174. The Morgan fingerprint density at radius 2 is 1.80 bits per heavy atom. The first kappa shape index (κ1) is 19.4. The van der Waals surface area contributed by atoms with E-state index < -0.39 is 5.97 Å². The molecule has 0 unspecified atom stereocenters. The van der Waals surface area contributed by atoms with Crippen molar-refractivity contribution in [3.8, 4) is 22.8 Å². The molecule has 0 N–H and O–H groups in total. The molecule has 2 aromatic carbocycles. The van der Waals surface area contributed by atoms with E-state index in [-0.39, 0.29) is 6.61 Å². The van der Waals surface area contributed by atoms with Gasteiger partial charge in [-0.25, -0.2) is 9.78 Å². The summed E-state index contributed by atoms with van der Waals surface area (Å²) in [6, 6.07) is 16.4. The van der Waals surface area contributed by atoms with Gasteiger partial charge in [-0.15, -0.1) is 0 Å². The second kappa shape index (κ2) is 8.24. The SMILES string of the molecule is COc1ccc(-c2cc(C(=O)OCc3cc(C)no3)c3ccccc3n2)cc1OC. The lowest BCUT2D eigenvalue weighted by molar-refractivity contribution is 0.0439. The molecule has 152 valence electrons. The molecule has 30 heavy (non-hydrogen) atoms. The van der Waals surface area contributed by atoms with Gasteiger partial charge < -0.3 is 18.7 Å². The maximum atomic E-state index is 12.9. The molecule has 0 radical (unpaired) electrons. The van der Waals surface area contributed by atoms with Gasteiger partial charge in [0, 0.05) is 17.0 Å². The summed E-state index contributed by atoms with van der Waals surface area (Å²) >= 11 is 0. The number of aryl methyl sites for hydroxylation is 1. The van der Waals surface area contributed by atoms with E-state index in [4.69, 9.17) is 23.7 Å². The molecule has 0 saturated heterocycles. The van der Waals surface area contributed by atoms with E-state index >= 15 is 0 Å². The minimum atomic E-state index is -0.468. The first-order valence-electron chi connectivity index (χ1n) is 9.30. The number of methoxy groups -OCH3 is 2. The molecule has 0 saturated carbocycles. The lowest BCUT2D eigenvalue weighted by atomic mass is 10.0. The summed E-state index contributed by atoms with van der Waals surface area (Å²) in [4.78, 5) is 17.6. The average molecular weight is 404 g/mol. The van der Waals surface area contributed by atoms with E-state index in [2.05, 4.69) is 5.16 Å². The van der Waals surface area contributed by atoms with Crippen LogP contribution >= 0.6 is 0 Å². The molecule has 7 heteroatoms. The number of ether oxygens (including phenoxy) is 3. The van der Waals surface area contributed by atoms with Crippen molar-refractivity contribution in [2.24, 2.45) is 0 Å². The first-order valence-corrected chi connectivity index (χ1v) is 9.30. The molecule has 0 bridgehead atoms. The smallest absolute Gasteiger partial charge is 0.339 e. The third-order valence-electron chi connectivity index (χ3n) is 4.64. The van der Waals surface area contributed by atoms with Crippen LogP contribution < -0.4 is 9.47 Å². The zero-order valence-electron chi connectivity index (χ0n) is 16.8. The summed E-state index contributed by atoms with van der Waals surface area (Å²) < 4.78 is 21.3. The van der Waals surface area contributed by atoms with Crippen molar-refractivity contribution >= 4 is 16.9 Å². The van der Waals surface area contributed by atoms with Crippen molar-refractivity contribution in [1.82, 2.24) is 10.1 Å². The highest BCUT2D eigenvalue weighted by atomic mass is 16.5. The number of hydrogen-bond acceptors (Lipinski definition) is 7. The fourth-order valence-electron chi connectivity index (χ4n) is 3.19. The minimum absolute atomic E-state index is 0.00200. The maximum absolute atomic E-state index is 12.9. The molecule has 2 heterocycles. The molecule has 0 spiro atoms. The zero-order chi connectivity index (χ0) is 21.1. The van der Waals surface area contributed by atoms with Crippen molar-refractivity contribution < 1.29 is 23.5 Å². The van der Waals surface area contributed by atoms with Crippen LogP contribution in [-0.4, -0.2) is 30.3 Å². The topological polar surface area (TPSA) is 83.7 Å². The Morgan fingerprint density at radius 3 is 2.53 bits per heavy atom. The van der Waals surface area contributed by atoms with E-state index in [0.29, 0.717) is 39.4 Å². The number of hydrogen-bond donors (Lipinski definition) is 0. The Bertz CT molecular complexity index is 1220. The Balaban J connectivity index is 1.73. The van der Waals surface area contributed by atoms with Gasteiger partial charge in [0.1, 0.15) is 0 Å². The van der Waals surface area contributed by atoms with Gasteiger partial charge in [-0.3, -0.25) is 0 Å². The molecule has 0 fully saturated rings. The summed E-state index contributed by atoms with van der Waals surface area (Å²) in [5.41, 5.74) is 3.25. The molecular formula is C23H20N2O5. The Hall–Kier alpha value is -3.87. The number of carbonyl (C=O) groups excluding carboxylic acids is 1. The fourth-order valence-corrected chi connectivity index (χ4v) is 3.19. The van der Waals surface area contributed by atoms with E-state index in [0.717, 1.165) is 11.3 Å². The van der Waals surface area contributed by atoms with Crippen molar-refractivity contribution in [2.75, 3.05) is 14.2 Å². The van der Waals surface area contributed by atoms with Crippen LogP contribution in [0.3, 0.4) is 0 Å². The van der Waals surface area contributed by atoms with E-state index in [1.165, 1.54) is 0 Å². The van der Waals surface area contributed by atoms with Crippen LogP contribution in [0.1, 0.15) is 21.8 Å². The van der Waals surface area contributed by atoms with Crippen molar-refractivity contribution in [1.29, 1.82) is 0 Å². The number of aromatic nitrogens is 2. The van der Waals surface area contributed by atoms with Crippen LogP contribution in [0.25, 0.3) is 22.2 Å². The highest BCUT2D eigenvalue weighted by molar-refractivity contribution is 6.04. The van der Waals surface area contributed by atoms with Gasteiger partial charge in [-0.1, -0.05) is 23.4 Å². The molecule has 0 aliphatic rings. The van der Waals surface area contributed by atoms with Crippen molar-refractivity contribution in [3.05, 3.63) is 71.6 Å². The number of nitrogens with zero attached hydrogens (tertiary/aromatic N) is 2. The molecule has 2 aromatic heterocycles. The summed E-state index contributed by atoms with van der Waals surface area (Å²) in [6.45, 7) is 1.81. The first-order chi connectivity index (χ1) is 14.6. The molecule has 0 aliphatic carbocycles. The number of para-hydroxylation sites is 1. The second-order valence-corrected chi connectivity index (χ2v) is 6.65. The van der Waals surface area contributed by atoms with Gasteiger partial charge >= 0.3 is 5.97 Å². The number of fused-ring (bicyclic) bond motifs is 1. The van der Waals surface area contributed by atoms with Gasteiger partial charge in [0.05, 0.1) is 36.7 Å². The lowest BCUT2D eigenvalue weighted by Gasteiger charge is -2.12. The molecule has 0 amide bonds. The number of esters is 1. The third-order valence-corrected chi connectivity index (χ3v) is 4.64. The van der Waals surface area contributed by atoms with Gasteiger partial charge in [0.15, 0.2) is 23.9 Å². The predicted molar refractivity (Wildman–Crippen MR) is 111 cm³/mol. The molecule has 4 rings (SSSR count). The van der Waals surface area contributed by atoms with E-state index in [1.54, 1.807) is 39.3 Å². The van der Waals surface area contributed by atoms with Crippen LogP contribution in [-0.2, 0) is 11.3 Å². The second-order valence-electron chi connectivity index (χ2n) is 6.65. The molecular weight excluding hydrogens is 384 g/mol. The average Bonchev–Trinajstić information content (AvgIpc) is 3.21. The van der Waals surface area contributed by atoms with Gasteiger partial charge in [-0.2, -0.15) is 0 Å². The number of carbonyl (C=O) groups is 1. The Labute approximate surface area is 173 Å². The molecule has 7 nitrogen and oxygen atoms in total. The zero-order valence-corrected chi connectivity index (χ0v) is 16.8. The lowest BCUT2D eigenvalue weighted by Crippen LogP contribution is -2.07. The van der Waals surface area contributed by atoms with E-state index in [1.807, 2.05) is 36.4 Å². The standard InChI is InChI=1S/C23H20N2O5/c1-14-10-16(30-25-14)13-29-23(26)18-12-20(24-19-7-5-4-6-17(18)19)15-8-9-21(27-2)22(11-15)28-3/h4-12H,13H2,1-3H3. The van der Waals surface area contributed by atoms with Crippen LogP contribution in [0.5, 0.6) is 11.5 Å². The summed E-state index contributed by atoms with van der Waals surface area (Å²) in [7, 11) is 3.15. The molecule has 4 aromatic rings. The predicted octanol–water partition coefficient (Wildman–Crippen LogP) is 4.57. The van der Waals surface area contributed by atoms with Crippen molar-refractivity contribution in [3.63, 3.8) is 0 Å². The molecule has 0 atom stereocenters. The Morgan fingerprint density at radius 1 is 1.00 bits per heavy atom. The highest BCUT2D eigenvalue weighted by Gasteiger charge is 2.17. The number of benzene rings is 2. The van der Waals surface area contributed by atoms with E-state index in [9.17, 15) is 4.79 Å². The Kier molecular flexibility index (Phi) is 5.34. The summed E-state index contributed by atoms with van der Waals surface area (Å²) in [5, 5.41) is 4.51. The van der Waals surface area contributed by atoms with Gasteiger partial charge in [0.25, 0.3) is 0 Å². The third kappa shape index (κ3) is 3.82. The normalized spacial score (nSPS) is 10.8. The minimum Gasteiger partial charge on any atom is -0.493 e. The summed E-state index contributed by atoms with van der Waals surface area (Å²) in [6.07, 6.45) is 0. The largest absolute Gasteiger partial charge is 0.493 e. The van der Waals surface area contributed by atoms with Crippen LogP contribution in [0, 0.1) is 6.92 Å². The van der Waals surface area contributed by atoms with Gasteiger partial charge in [-0.05, 0) is 37.3 Å². The van der Waals surface area contributed by atoms with Gasteiger partial charge in [0.2, 0.25) is 0 Å².